The Bertz CT molecular complexity index is 915. The van der Waals surface area contributed by atoms with Gasteiger partial charge in [0.2, 0.25) is 0 Å². The van der Waals surface area contributed by atoms with Crippen molar-refractivity contribution in [2.45, 2.75) is 50.5 Å². The van der Waals surface area contributed by atoms with Crippen LogP contribution in [-0.2, 0) is 13.2 Å². The van der Waals surface area contributed by atoms with E-state index in [0.717, 1.165) is 18.7 Å². The number of hydrogen-bond donors (Lipinski definition) is 2. The average Bonchev–Trinajstić information content (AvgIpc) is 3.33. The lowest BCUT2D eigenvalue weighted by atomic mass is 9.84. The highest BCUT2D eigenvalue weighted by Gasteiger charge is 2.31. The van der Waals surface area contributed by atoms with Crippen LogP contribution < -0.4 is 10.5 Å². The minimum absolute atomic E-state index is 0.102. The highest BCUT2D eigenvalue weighted by molar-refractivity contribution is 7.09. The molecule has 2 aromatic heterocycles. The van der Waals surface area contributed by atoms with Crippen molar-refractivity contribution in [3.8, 4) is 5.75 Å². The predicted octanol–water partition coefficient (Wildman–Crippen LogP) is 3.06. The molecule has 1 aliphatic carbocycles. The molecule has 0 bridgehead atoms. The Morgan fingerprint density at radius 1 is 1.29 bits per heavy atom. The van der Waals surface area contributed by atoms with E-state index in [9.17, 15) is 9.50 Å². The number of halogens is 1. The van der Waals surface area contributed by atoms with Crippen molar-refractivity contribution >= 4 is 11.3 Å². The Morgan fingerprint density at radius 3 is 2.93 bits per heavy atom. The third kappa shape index (κ3) is 4.40. The van der Waals surface area contributed by atoms with E-state index in [1.807, 2.05) is 16.1 Å². The molecule has 0 spiro atoms. The summed E-state index contributed by atoms with van der Waals surface area (Å²) in [5, 5.41) is 16.9. The number of hydrogen-bond acceptors (Lipinski definition) is 6. The Morgan fingerprint density at radius 2 is 2.18 bits per heavy atom. The molecule has 1 aliphatic rings. The van der Waals surface area contributed by atoms with Crippen LogP contribution in [-0.4, -0.2) is 32.0 Å². The number of rotatable bonds is 6. The lowest BCUT2D eigenvalue weighted by molar-refractivity contribution is 0.0957. The zero-order valence-electron chi connectivity index (χ0n) is 15.4. The largest absolute Gasteiger partial charge is 0.485 e. The zero-order chi connectivity index (χ0) is 19.5. The monoisotopic (exact) mass is 402 g/mol. The van der Waals surface area contributed by atoms with Crippen LogP contribution in [0.25, 0.3) is 0 Å². The summed E-state index contributed by atoms with van der Waals surface area (Å²) >= 11 is 1.66. The summed E-state index contributed by atoms with van der Waals surface area (Å²) in [5.41, 5.74) is 5.95. The minimum Gasteiger partial charge on any atom is -0.485 e. The molecule has 8 heteroatoms. The Hall–Kier alpha value is -2.29. The van der Waals surface area contributed by atoms with Gasteiger partial charge < -0.3 is 15.6 Å². The van der Waals surface area contributed by atoms with E-state index in [1.54, 1.807) is 23.5 Å². The number of aliphatic hydroxyl groups is 1. The summed E-state index contributed by atoms with van der Waals surface area (Å²) in [6.45, 7) is 0.779. The van der Waals surface area contributed by atoms with Crippen molar-refractivity contribution in [2.24, 2.45) is 5.73 Å². The average molecular weight is 402 g/mol. The first-order valence-corrected chi connectivity index (χ1v) is 10.2. The topological polar surface area (TPSA) is 86.2 Å². The molecular weight excluding hydrogens is 379 g/mol. The molecule has 3 N–H and O–H groups in total. The van der Waals surface area contributed by atoms with Gasteiger partial charge in [0.1, 0.15) is 24.0 Å². The van der Waals surface area contributed by atoms with Crippen LogP contribution in [0.4, 0.5) is 4.39 Å². The third-order valence-electron chi connectivity index (χ3n) is 5.03. The SMILES string of the molecule is N[C@@H]1CC[C@H](c2nc(COc3cccc(F)c3)nn2Cc2cccs2)C[C@H]1O. The lowest BCUT2D eigenvalue weighted by Gasteiger charge is -2.30. The van der Waals surface area contributed by atoms with E-state index in [2.05, 4.69) is 11.2 Å². The number of ether oxygens (including phenoxy) is 1. The molecule has 1 fully saturated rings. The summed E-state index contributed by atoms with van der Waals surface area (Å²) < 4.78 is 20.9. The first-order chi connectivity index (χ1) is 13.6. The number of aliphatic hydroxyl groups excluding tert-OH is 1. The molecule has 0 amide bonds. The van der Waals surface area contributed by atoms with Crippen LogP contribution >= 0.6 is 11.3 Å². The number of aromatic nitrogens is 3. The first kappa shape index (κ1) is 19.0. The van der Waals surface area contributed by atoms with Crippen LogP contribution in [0, 0.1) is 5.82 Å². The van der Waals surface area contributed by atoms with Crippen molar-refractivity contribution in [1.82, 2.24) is 14.8 Å². The fourth-order valence-corrected chi connectivity index (χ4v) is 4.23. The Kier molecular flexibility index (Phi) is 5.70. The molecule has 1 aromatic carbocycles. The van der Waals surface area contributed by atoms with Crippen molar-refractivity contribution in [1.29, 1.82) is 0 Å². The molecule has 3 aromatic rings. The number of nitrogens with zero attached hydrogens (tertiary/aromatic N) is 3. The van der Waals surface area contributed by atoms with Gasteiger partial charge in [-0.15, -0.1) is 11.3 Å². The number of benzene rings is 1. The van der Waals surface area contributed by atoms with Crippen LogP contribution in [0.3, 0.4) is 0 Å². The molecule has 1 saturated carbocycles. The van der Waals surface area contributed by atoms with E-state index >= 15 is 0 Å². The molecule has 4 rings (SSSR count). The number of nitrogens with two attached hydrogens (primary N) is 1. The zero-order valence-corrected chi connectivity index (χ0v) is 16.2. The van der Waals surface area contributed by atoms with E-state index in [4.69, 9.17) is 15.5 Å². The maximum absolute atomic E-state index is 13.3. The molecule has 28 heavy (non-hydrogen) atoms. The fraction of sp³-hybridized carbons (Fsp3) is 0.400. The van der Waals surface area contributed by atoms with Crippen molar-refractivity contribution in [2.75, 3.05) is 0 Å². The standard InChI is InChI=1S/C20H23FN4O2S/c21-14-3-1-4-15(10-14)27-12-19-23-20(13-6-7-17(22)18(26)9-13)25(24-19)11-16-5-2-8-28-16/h1-5,8,10,13,17-18,26H,6-7,9,11-12,22H2/t13-,17+,18+/m0/s1. The van der Waals surface area contributed by atoms with Gasteiger partial charge >= 0.3 is 0 Å². The van der Waals surface area contributed by atoms with Crippen molar-refractivity contribution in [3.63, 3.8) is 0 Å². The summed E-state index contributed by atoms with van der Waals surface area (Å²) in [6.07, 6.45) is 1.67. The second-order valence-corrected chi connectivity index (χ2v) is 8.14. The van der Waals surface area contributed by atoms with Crippen LogP contribution in [0.15, 0.2) is 41.8 Å². The molecule has 6 nitrogen and oxygen atoms in total. The van der Waals surface area contributed by atoms with E-state index in [-0.39, 0.29) is 24.4 Å². The molecule has 0 radical (unpaired) electrons. The van der Waals surface area contributed by atoms with Crippen molar-refractivity contribution in [3.05, 3.63) is 64.1 Å². The van der Waals surface area contributed by atoms with E-state index in [0.29, 0.717) is 24.5 Å². The third-order valence-corrected chi connectivity index (χ3v) is 5.89. The van der Waals surface area contributed by atoms with Crippen molar-refractivity contribution < 1.29 is 14.2 Å². The van der Waals surface area contributed by atoms with Gasteiger partial charge in [0.05, 0.1) is 12.6 Å². The molecule has 3 atom stereocenters. The molecular formula is C20H23FN4O2S. The maximum atomic E-state index is 13.3. The second kappa shape index (κ2) is 8.38. The fourth-order valence-electron chi connectivity index (χ4n) is 3.54. The highest BCUT2D eigenvalue weighted by Crippen LogP contribution is 2.32. The minimum atomic E-state index is -0.530. The van der Waals surface area contributed by atoms with Crippen LogP contribution in [0.2, 0.25) is 0 Å². The van der Waals surface area contributed by atoms with Gasteiger partial charge in [-0.3, -0.25) is 0 Å². The molecule has 148 valence electrons. The smallest absolute Gasteiger partial charge is 0.188 e. The van der Waals surface area contributed by atoms with Gasteiger partial charge in [-0.1, -0.05) is 12.1 Å². The number of thiophene rings is 1. The molecule has 2 heterocycles. The van der Waals surface area contributed by atoms with E-state index < -0.39 is 6.10 Å². The van der Waals surface area contributed by atoms with Crippen LogP contribution in [0.1, 0.15) is 41.7 Å². The highest BCUT2D eigenvalue weighted by atomic mass is 32.1. The summed E-state index contributed by atoms with van der Waals surface area (Å²) in [4.78, 5) is 5.87. The van der Waals surface area contributed by atoms with Gasteiger partial charge in [0.25, 0.3) is 0 Å². The summed E-state index contributed by atoms with van der Waals surface area (Å²) in [7, 11) is 0. The van der Waals surface area contributed by atoms with Gasteiger partial charge in [0.15, 0.2) is 5.82 Å². The predicted molar refractivity (Wildman–Crippen MR) is 105 cm³/mol. The van der Waals surface area contributed by atoms with Gasteiger partial charge in [-0.2, -0.15) is 5.10 Å². The van der Waals surface area contributed by atoms with Gasteiger partial charge in [0, 0.05) is 22.9 Å². The van der Waals surface area contributed by atoms with Gasteiger partial charge in [-0.05, 0) is 42.8 Å². The van der Waals surface area contributed by atoms with E-state index in [1.165, 1.54) is 17.0 Å². The molecule has 0 saturated heterocycles. The second-order valence-electron chi connectivity index (χ2n) is 7.11. The van der Waals surface area contributed by atoms with Crippen LogP contribution in [0.5, 0.6) is 5.75 Å². The van der Waals surface area contributed by atoms with Gasteiger partial charge in [-0.25, -0.2) is 14.1 Å². The molecule has 0 unspecified atom stereocenters. The lowest BCUT2D eigenvalue weighted by Crippen LogP contribution is -2.40. The quantitative estimate of drug-likeness (QED) is 0.662. The summed E-state index contributed by atoms with van der Waals surface area (Å²) in [5.74, 6) is 1.58. The Balaban J connectivity index is 1.54. The Labute approximate surface area is 166 Å². The normalized spacial score (nSPS) is 22.3. The maximum Gasteiger partial charge on any atom is 0.188 e. The first-order valence-electron chi connectivity index (χ1n) is 9.36. The molecule has 0 aliphatic heterocycles. The summed E-state index contributed by atoms with van der Waals surface area (Å²) in [6, 6.07) is 9.90.